The summed E-state index contributed by atoms with van der Waals surface area (Å²) in [7, 11) is 0. The van der Waals surface area contributed by atoms with Crippen LogP contribution in [0.2, 0.25) is 5.02 Å². The van der Waals surface area contributed by atoms with Crippen molar-refractivity contribution in [1.82, 2.24) is 0 Å². The lowest BCUT2D eigenvalue weighted by molar-refractivity contribution is 0.0985. The van der Waals surface area contributed by atoms with Gasteiger partial charge in [0.15, 0.2) is 0 Å². The lowest BCUT2D eigenvalue weighted by atomic mass is 10.0. The first-order valence-electron chi connectivity index (χ1n) is 6.57. The number of amides is 1. The molecular formula is C17H10Cl2N2O. The number of benzene rings is 2. The molecule has 0 N–H and O–H groups in total. The van der Waals surface area contributed by atoms with Gasteiger partial charge in [0, 0.05) is 21.2 Å². The van der Waals surface area contributed by atoms with Gasteiger partial charge in [-0.3, -0.25) is 9.69 Å². The Balaban J connectivity index is 2.16. The molecule has 0 saturated carbocycles. The van der Waals surface area contributed by atoms with E-state index in [-0.39, 0.29) is 5.91 Å². The molecule has 1 aliphatic rings. The second kappa shape index (κ2) is 5.84. The number of fused-ring (bicyclic) bond motifs is 1. The number of halogens is 2. The van der Waals surface area contributed by atoms with Crippen LogP contribution < -0.4 is 4.90 Å². The average molecular weight is 329 g/mol. The van der Waals surface area contributed by atoms with E-state index in [4.69, 9.17) is 23.2 Å². The first-order chi connectivity index (χ1) is 10.6. The molecule has 0 spiro atoms. The summed E-state index contributed by atoms with van der Waals surface area (Å²) in [6, 6.07) is 15.2. The summed E-state index contributed by atoms with van der Waals surface area (Å²) in [5.41, 5.74) is 1.72. The molecule has 22 heavy (non-hydrogen) atoms. The largest absolute Gasteiger partial charge is 0.287 e. The molecule has 1 amide bonds. The minimum Gasteiger partial charge on any atom is -0.287 e. The molecule has 0 aliphatic carbocycles. The minimum absolute atomic E-state index is 0.268. The Morgan fingerprint density at radius 1 is 1.14 bits per heavy atom. The number of nitrogens with zero attached hydrogens (tertiary/aromatic N) is 2. The van der Waals surface area contributed by atoms with Crippen molar-refractivity contribution in [2.45, 2.75) is 6.04 Å². The molecule has 0 saturated heterocycles. The third-order valence-corrected chi connectivity index (χ3v) is 4.00. The maximum atomic E-state index is 12.8. The van der Waals surface area contributed by atoms with Crippen LogP contribution in [0.3, 0.4) is 0 Å². The predicted molar refractivity (Wildman–Crippen MR) is 87.9 cm³/mol. The molecule has 3 rings (SSSR count). The van der Waals surface area contributed by atoms with Gasteiger partial charge in [0.25, 0.3) is 5.91 Å². The van der Waals surface area contributed by atoms with Gasteiger partial charge in [0.05, 0.1) is 11.8 Å². The molecule has 5 heteroatoms. The van der Waals surface area contributed by atoms with Gasteiger partial charge in [0.1, 0.15) is 6.04 Å². The monoisotopic (exact) mass is 328 g/mol. The van der Waals surface area contributed by atoms with Crippen molar-refractivity contribution in [1.29, 1.82) is 5.26 Å². The van der Waals surface area contributed by atoms with Gasteiger partial charge in [-0.25, -0.2) is 0 Å². The van der Waals surface area contributed by atoms with E-state index in [2.05, 4.69) is 6.07 Å². The third kappa shape index (κ3) is 2.48. The van der Waals surface area contributed by atoms with Crippen molar-refractivity contribution in [2.24, 2.45) is 0 Å². The molecule has 3 nitrogen and oxygen atoms in total. The maximum Gasteiger partial charge on any atom is 0.259 e. The number of anilines is 1. The predicted octanol–water partition coefficient (Wildman–Crippen LogP) is 4.47. The number of nitriles is 1. The Kier molecular flexibility index (Phi) is 3.89. The molecule has 1 heterocycles. The molecule has 0 fully saturated rings. The molecule has 1 atom stereocenters. The molecule has 0 radical (unpaired) electrons. The summed E-state index contributed by atoms with van der Waals surface area (Å²) >= 11 is 12.3. The van der Waals surface area contributed by atoms with Gasteiger partial charge in [-0.2, -0.15) is 5.26 Å². The van der Waals surface area contributed by atoms with Gasteiger partial charge < -0.3 is 0 Å². The Morgan fingerprint density at radius 2 is 1.86 bits per heavy atom. The summed E-state index contributed by atoms with van der Waals surface area (Å²) in [5.74, 6) is -0.268. The van der Waals surface area contributed by atoms with Crippen LogP contribution in [0.4, 0.5) is 5.69 Å². The standard InChI is InChI=1S/C17H10Cl2N2O/c18-12-6-7-14-15(19)9-13(10-20)21(16(14)8-12)17(22)11-4-2-1-3-5-11/h1-9,13H. The molecule has 0 aromatic heterocycles. The molecule has 1 aliphatic heterocycles. The van der Waals surface area contributed by atoms with E-state index in [1.165, 1.54) is 4.90 Å². The summed E-state index contributed by atoms with van der Waals surface area (Å²) in [6.45, 7) is 0. The van der Waals surface area contributed by atoms with Gasteiger partial charge in [-0.1, -0.05) is 41.4 Å². The van der Waals surface area contributed by atoms with Crippen molar-refractivity contribution >= 4 is 39.8 Å². The fourth-order valence-corrected chi connectivity index (χ4v) is 2.85. The Hall–Kier alpha value is -2.28. The number of carbonyl (C=O) groups is 1. The summed E-state index contributed by atoms with van der Waals surface area (Å²) < 4.78 is 0. The van der Waals surface area contributed by atoms with Crippen LogP contribution in [0.5, 0.6) is 0 Å². The van der Waals surface area contributed by atoms with Crippen molar-refractivity contribution in [2.75, 3.05) is 4.90 Å². The molecule has 108 valence electrons. The Morgan fingerprint density at radius 3 is 2.55 bits per heavy atom. The van der Waals surface area contributed by atoms with Crippen LogP contribution in [-0.2, 0) is 0 Å². The maximum absolute atomic E-state index is 12.8. The molecule has 0 bridgehead atoms. The zero-order valence-corrected chi connectivity index (χ0v) is 12.8. The number of hydrogen-bond acceptors (Lipinski definition) is 2. The summed E-state index contributed by atoms with van der Waals surface area (Å²) in [6.07, 6.45) is 1.57. The lowest BCUT2D eigenvalue weighted by Crippen LogP contribution is -2.41. The smallest absolute Gasteiger partial charge is 0.259 e. The number of carbonyl (C=O) groups excluding carboxylic acids is 1. The van der Waals surface area contributed by atoms with Crippen LogP contribution >= 0.6 is 23.2 Å². The highest BCUT2D eigenvalue weighted by atomic mass is 35.5. The summed E-state index contributed by atoms with van der Waals surface area (Å²) in [4.78, 5) is 14.2. The van der Waals surface area contributed by atoms with Crippen LogP contribution in [0, 0.1) is 11.3 Å². The van der Waals surface area contributed by atoms with Crippen molar-refractivity contribution in [3.63, 3.8) is 0 Å². The average Bonchev–Trinajstić information content (AvgIpc) is 2.54. The quantitative estimate of drug-likeness (QED) is 0.775. The van der Waals surface area contributed by atoms with Crippen LogP contribution in [-0.4, -0.2) is 11.9 Å². The van der Waals surface area contributed by atoms with Crippen LogP contribution in [0.25, 0.3) is 5.03 Å². The zero-order chi connectivity index (χ0) is 15.7. The second-order valence-corrected chi connectivity index (χ2v) is 5.63. The topological polar surface area (TPSA) is 44.1 Å². The van der Waals surface area contributed by atoms with Crippen LogP contribution in [0.1, 0.15) is 15.9 Å². The first-order valence-corrected chi connectivity index (χ1v) is 7.33. The highest BCUT2D eigenvalue weighted by molar-refractivity contribution is 6.50. The van der Waals surface area contributed by atoms with Crippen molar-refractivity contribution in [3.8, 4) is 6.07 Å². The molecule has 2 aromatic carbocycles. The summed E-state index contributed by atoms with van der Waals surface area (Å²) in [5, 5.41) is 10.3. The fourth-order valence-electron chi connectivity index (χ4n) is 2.41. The van der Waals surface area contributed by atoms with Crippen LogP contribution in [0.15, 0.2) is 54.6 Å². The zero-order valence-electron chi connectivity index (χ0n) is 11.3. The fraction of sp³-hybridized carbons (Fsp3) is 0.0588. The molecule has 1 unspecified atom stereocenters. The van der Waals surface area contributed by atoms with E-state index in [0.717, 1.165) is 0 Å². The van der Waals surface area contributed by atoms with Crippen molar-refractivity contribution in [3.05, 3.63) is 70.8 Å². The van der Waals surface area contributed by atoms with E-state index >= 15 is 0 Å². The van der Waals surface area contributed by atoms with Gasteiger partial charge in [-0.05, 0) is 36.4 Å². The third-order valence-electron chi connectivity index (χ3n) is 3.43. The number of hydrogen-bond donors (Lipinski definition) is 0. The van der Waals surface area contributed by atoms with Gasteiger partial charge in [-0.15, -0.1) is 0 Å². The normalized spacial score (nSPS) is 16.5. The second-order valence-electron chi connectivity index (χ2n) is 4.79. The lowest BCUT2D eigenvalue weighted by Gasteiger charge is -2.31. The van der Waals surface area contributed by atoms with E-state index < -0.39 is 6.04 Å². The minimum atomic E-state index is -0.772. The van der Waals surface area contributed by atoms with E-state index in [1.807, 2.05) is 6.07 Å². The highest BCUT2D eigenvalue weighted by Crippen LogP contribution is 2.38. The Labute approximate surface area is 138 Å². The Bertz CT molecular complexity index is 809. The molecule has 2 aromatic rings. The van der Waals surface area contributed by atoms with E-state index in [1.54, 1.807) is 48.5 Å². The van der Waals surface area contributed by atoms with Crippen molar-refractivity contribution < 1.29 is 4.79 Å². The van der Waals surface area contributed by atoms with Gasteiger partial charge >= 0.3 is 0 Å². The SMILES string of the molecule is N#CC1C=C(Cl)c2ccc(Cl)cc2N1C(=O)c1ccccc1. The van der Waals surface area contributed by atoms with E-state index in [0.29, 0.717) is 26.9 Å². The number of rotatable bonds is 1. The van der Waals surface area contributed by atoms with E-state index in [9.17, 15) is 10.1 Å². The highest BCUT2D eigenvalue weighted by Gasteiger charge is 2.31. The van der Waals surface area contributed by atoms with Gasteiger partial charge in [0.2, 0.25) is 0 Å². The first kappa shape index (κ1) is 14.6. The molecular weight excluding hydrogens is 319 g/mol.